The van der Waals surface area contributed by atoms with E-state index in [9.17, 15) is 0 Å². The van der Waals surface area contributed by atoms with E-state index in [4.69, 9.17) is 15.2 Å². The SMILES string of the molecule is COc1cccc(Oc2c(C)nn(C)c2C)c1[C@H](C)N. The third-order valence-corrected chi connectivity index (χ3v) is 3.36. The zero-order chi connectivity index (χ0) is 14.9. The van der Waals surface area contributed by atoms with Crippen LogP contribution in [0.15, 0.2) is 18.2 Å². The quantitative estimate of drug-likeness (QED) is 0.932. The van der Waals surface area contributed by atoms with E-state index in [1.165, 1.54) is 0 Å². The van der Waals surface area contributed by atoms with Gasteiger partial charge in [0, 0.05) is 13.1 Å². The van der Waals surface area contributed by atoms with Crippen LogP contribution in [0.4, 0.5) is 0 Å². The first-order chi connectivity index (χ1) is 9.45. The molecule has 1 aromatic heterocycles. The van der Waals surface area contributed by atoms with Crippen LogP contribution in [0.2, 0.25) is 0 Å². The summed E-state index contributed by atoms with van der Waals surface area (Å²) in [5.74, 6) is 2.21. The van der Waals surface area contributed by atoms with Crippen LogP contribution in [0.5, 0.6) is 17.2 Å². The molecular formula is C15H21N3O2. The maximum atomic E-state index is 6.05. The minimum Gasteiger partial charge on any atom is -0.496 e. The van der Waals surface area contributed by atoms with Crippen molar-refractivity contribution in [2.24, 2.45) is 12.8 Å². The van der Waals surface area contributed by atoms with Gasteiger partial charge in [0.1, 0.15) is 17.2 Å². The highest BCUT2D eigenvalue weighted by atomic mass is 16.5. The van der Waals surface area contributed by atoms with Gasteiger partial charge >= 0.3 is 0 Å². The van der Waals surface area contributed by atoms with Crippen molar-refractivity contribution in [1.29, 1.82) is 0 Å². The lowest BCUT2D eigenvalue weighted by Gasteiger charge is -2.17. The lowest BCUT2D eigenvalue weighted by molar-refractivity contribution is 0.396. The van der Waals surface area contributed by atoms with E-state index < -0.39 is 0 Å². The van der Waals surface area contributed by atoms with Gasteiger partial charge in [0.25, 0.3) is 0 Å². The number of hydrogen-bond donors (Lipinski definition) is 1. The largest absolute Gasteiger partial charge is 0.496 e. The van der Waals surface area contributed by atoms with Crippen LogP contribution < -0.4 is 15.2 Å². The zero-order valence-electron chi connectivity index (χ0n) is 12.6. The minimum absolute atomic E-state index is 0.182. The Morgan fingerprint density at radius 2 is 1.90 bits per heavy atom. The molecule has 0 radical (unpaired) electrons. The standard InChI is InChI=1S/C15H21N3O2/c1-9(16)14-12(19-5)7-6-8-13(14)20-15-10(2)17-18(4)11(15)3/h6-9H,16H2,1-5H3/t9-/m0/s1. The van der Waals surface area contributed by atoms with Crippen molar-refractivity contribution in [1.82, 2.24) is 9.78 Å². The Morgan fingerprint density at radius 1 is 1.25 bits per heavy atom. The van der Waals surface area contributed by atoms with Crippen molar-refractivity contribution in [3.63, 3.8) is 0 Å². The molecule has 0 fully saturated rings. The Bertz CT molecular complexity index is 618. The molecule has 0 spiro atoms. The summed E-state index contributed by atoms with van der Waals surface area (Å²) in [6, 6.07) is 5.49. The molecule has 0 saturated heterocycles. The molecule has 0 aliphatic rings. The first-order valence-electron chi connectivity index (χ1n) is 6.56. The summed E-state index contributed by atoms with van der Waals surface area (Å²) in [6.07, 6.45) is 0. The fraction of sp³-hybridized carbons (Fsp3) is 0.400. The molecule has 0 saturated carbocycles. The molecule has 0 unspecified atom stereocenters. The van der Waals surface area contributed by atoms with Crippen LogP contribution in [-0.4, -0.2) is 16.9 Å². The lowest BCUT2D eigenvalue weighted by atomic mass is 10.1. The summed E-state index contributed by atoms with van der Waals surface area (Å²) >= 11 is 0. The average Bonchev–Trinajstić information content (AvgIpc) is 2.64. The van der Waals surface area contributed by atoms with E-state index in [0.29, 0.717) is 5.75 Å². The predicted octanol–water partition coefficient (Wildman–Crippen LogP) is 2.86. The van der Waals surface area contributed by atoms with Crippen LogP contribution >= 0.6 is 0 Å². The number of benzene rings is 1. The van der Waals surface area contributed by atoms with Gasteiger partial charge in [-0.3, -0.25) is 4.68 Å². The summed E-state index contributed by atoms with van der Waals surface area (Å²) in [6.45, 7) is 5.81. The fourth-order valence-corrected chi connectivity index (χ4v) is 2.25. The maximum Gasteiger partial charge on any atom is 0.171 e. The Kier molecular flexibility index (Phi) is 3.99. The van der Waals surface area contributed by atoms with Crippen molar-refractivity contribution in [3.05, 3.63) is 35.2 Å². The molecule has 1 heterocycles. The number of rotatable bonds is 4. The van der Waals surface area contributed by atoms with Crippen molar-refractivity contribution in [2.75, 3.05) is 7.11 Å². The highest BCUT2D eigenvalue weighted by molar-refractivity contribution is 5.49. The Labute approximate surface area is 119 Å². The molecular weight excluding hydrogens is 254 g/mol. The summed E-state index contributed by atoms with van der Waals surface area (Å²) in [4.78, 5) is 0. The van der Waals surface area contributed by atoms with Crippen molar-refractivity contribution >= 4 is 0 Å². The lowest BCUT2D eigenvalue weighted by Crippen LogP contribution is -2.09. The van der Waals surface area contributed by atoms with Crippen LogP contribution in [0.25, 0.3) is 0 Å². The number of ether oxygens (including phenoxy) is 2. The molecule has 2 N–H and O–H groups in total. The summed E-state index contributed by atoms with van der Waals surface area (Å²) in [7, 11) is 3.53. The smallest absolute Gasteiger partial charge is 0.171 e. The van der Waals surface area contributed by atoms with E-state index in [1.807, 2.05) is 46.0 Å². The first kappa shape index (κ1) is 14.4. The normalized spacial score (nSPS) is 12.3. The van der Waals surface area contributed by atoms with Gasteiger partial charge in [-0.05, 0) is 32.9 Å². The van der Waals surface area contributed by atoms with Gasteiger partial charge in [-0.15, -0.1) is 0 Å². The molecule has 1 aromatic carbocycles. The Morgan fingerprint density at radius 3 is 2.40 bits per heavy atom. The van der Waals surface area contributed by atoms with E-state index in [-0.39, 0.29) is 6.04 Å². The molecule has 1 atom stereocenters. The van der Waals surface area contributed by atoms with Gasteiger partial charge in [0.15, 0.2) is 5.75 Å². The number of nitrogens with two attached hydrogens (primary N) is 1. The second-order valence-corrected chi connectivity index (χ2v) is 4.89. The van der Waals surface area contributed by atoms with Gasteiger partial charge in [-0.25, -0.2) is 0 Å². The fourth-order valence-electron chi connectivity index (χ4n) is 2.25. The van der Waals surface area contributed by atoms with Gasteiger partial charge in [0.05, 0.1) is 18.4 Å². The topological polar surface area (TPSA) is 62.3 Å². The van der Waals surface area contributed by atoms with Gasteiger partial charge < -0.3 is 15.2 Å². The highest BCUT2D eigenvalue weighted by Crippen LogP contribution is 2.37. The van der Waals surface area contributed by atoms with Gasteiger partial charge in [-0.1, -0.05) is 6.07 Å². The molecule has 0 amide bonds. The third-order valence-electron chi connectivity index (χ3n) is 3.36. The molecule has 0 aliphatic heterocycles. The summed E-state index contributed by atoms with van der Waals surface area (Å²) < 4.78 is 13.2. The molecule has 5 nitrogen and oxygen atoms in total. The van der Waals surface area contributed by atoms with Crippen molar-refractivity contribution in [3.8, 4) is 17.2 Å². The minimum atomic E-state index is -0.182. The average molecular weight is 275 g/mol. The number of aromatic nitrogens is 2. The monoisotopic (exact) mass is 275 g/mol. The Hall–Kier alpha value is -2.01. The van der Waals surface area contributed by atoms with Crippen molar-refractivity contribution in [2.45, 2.75) is 26.8 Å². The van der Waals surface area contributed by atoms with E-state index in [2.05, 4.69) is 5.10 Å². The molecule has 2 aromatic rings. The zero-order valence-corrected chi connectivity index (χ0v) is 12.6. The number of nitrogens with zero attached hydrogens (tertiary/aromatic N) is 2. The van der Waals surface area contributed by atoms with E-state index in [1.54, 1.807) is 11.8 Å². The van der Waals surface area contributed by atoms with Crippen LogP contribution in [-0.2, 0) is 7.05 Å². The van der Waals surface area contributed by atoms with E-state index in [0.717, 1.165) is 28.5 Å². The van der Waals surface area contributed by atoms with Gasteiger partial charge in [0.2, 0.25) is 0 Å². The van der Waals surface area contributed by atoms with Crippen LogP contribution in [0, 0.1) is 13.8 Å². The second-order valence-electron chi connectivity index (χ2n) is 4.89. The Balaban J connectivity index is 2.48. The number of aryl methyl sites for hydroxylation is 2. The number of hydrogen-bond acceptors (Lipinski definition) is 4. The molecule has 5 heteroatoms. The van der Waals surface area contributed by atoms with Gasteiger partial charge in [-0.2, -0.15) is 5.10 Å². The molecule has 2 rings (SSSR count). The summed E-state index contributed by atoms with van der Waals surface area (Å²) in [5, 5.41) is 4.35. The van der Waals surface area contributed by atoms with E-state index >= 15 is 0 Å². The maximum absolute atomic E-state index is 6.05. The second kappa shape index (κ2) is 5.54. The highest BCUT2D eigenvalue weighted by Gasteiger charge is 2.18. The molecule has 20 heavy (non-hydrogen) atoms. The molecule has 0 bridgehead atoms. The van der Waals surface area contributed by atoms with Crippen LogP contribution in [0.3, 0.4) is 0 Å². The number of methoxy groups -OCH3 is 1. The van der Waals surface area contributed by atoms with Crippen LogP contribution in [0.1, 0.15) is 29.9 Å². The third kappa shape index (κ3) is 2.49. The molecule has 108 valence electrons. The predicted molar refractivity (Wildman–Crippen MR) is 78.4 cm³/mol. The van der Waals surface area contributed by atoms with Crippen molar-refractivity contribution < 1.29 is 9.47 Å². The first-order valence-corrected chi connectivity index (χ1v) is 6.56. The molecule has 0 aliphatic carbocycles. The summed E-state index contributed by atoms with van der Waals surface area (Å²) in [5.41, 5.74) is 8.73.